The highest BCUT2D eigenvalue weighted by atomic mass is 35.5. The topological polar surface area (TPSA) is 40.3 Å². The van der Waals surface area contributed by atoms with Crippen LogP contribution in [-0.4, -0.2) is 49.4 Å². The molecule has 1 aliphatic rings. The number of nitrogens with zero attached hydrogens (tertiary/aromatic N) is 3. The summed E-state index contributed by atoms with van der Waals surface area (Å²) in [6.07, 6.45) is 0.895. The summed E-state index contributed by atoms with van der Waals surface area (Å²) in [6, 6.07) is 20.0. The summed E-state index contributed by atoms with van der Waals surface area (Å²) in [5, 5.41) is 9.57. The number of anilines is 1. The normalized spacial score (nSPS) is 16.3. The molecule has 0 radical (unpaired) electrons. The van der Waals surface area contributed by atoms with Gasteiger partial charge in [0.15, 0.2) is 5.69 Å². The first-order valence-corrected chi connectivity index (χ1v) is 11.7. The summed E-state index contributed by atoms with van der Waals surface area (Å²) in [5.74, 6) is 0.359. The number of ether oxygens (including phenoxy) is 1. The maximum Gasteiger partial charge on any atom is 0.187 e. The molecule has 5 nitrogen and oxygen atoms in total. The summed E-state index contributed by atoms with van der Waals surface area (Å²) in [4.78, 5) is 8.14. The monoisotopic (exact) mass is 479 g/mol. The van der Waals surface area contributed by atoms with Gasteiger partial charge in [-0.05, 0) is 41.8 Å². The van der Waals surface area contributed by atoms with Crippen molar-refractivity contribution in [3.05, 3.63) is 100 Å². The second-order valence-electron chi connectivity index (χ2n) is 8.27. The van der Waals surface area contributed by atoms with Crippen LogP contribution >= 0.6 is 11.6 Å². The van der Waals surface area contributed by atoms with Gasteiger partial charge < -0.3 is 14.7 Å². The maximum absolute atomic E-state index is 13.6. The van der Waals surface area contributed by atoms with E-state index in [1.54, 1.807) is 6.07 Å². The van der Waals surface area contributed by atoms with Crippen LogP contribution in [0.1, 0.15) is 17.2 Å². The van der Waals surface area contributed by atoms with E-state index in [1.165, 1.54) is 17.7 Å². The van der Waals surface area contributed by atoms with Gasteiger partial charge in [0.25, 0.3) is 0 Å². The minimum Gasteiger partial charge on any atom is -0.491 e. The van der Waals surface area contributed by atoms with Gasteiger partial charge in [0, 0.05) is 32.2 Å². The van der Waals surface area contributed by atoms with E-state index < -0.39 is 0 Å². The SMILES string of the molecule is [C-]#[N+]c1ccc(CCN2CCN(c3ccc(OCCO)cc3Cl)[C@H](c3ccc(F)cc3)C2)cc1. The second-order valence-corrected chi connectivity index (χ2v) is 8.68. The molecule has 7 heteroatoms. The third-order valence-electron chi connectivity index (χ3n) is 6.09. The maximum atomic E-state index is 13.6. The Hall–Kier alpha value is -3.11. The van der Waals surface area contributed by atoms with Crippen LogP contribution in [0.4, 0.5) is 15.8 Å². The molecule has 0 saturated carbocycles. The standard InChI is InChI=1S/C27H27ClFN3O2/c1-30-23-8-2-20(3-9-23)12-13-31-14-15-32(27(19-31)21-4-6-22(29)7-5-21)26-11-10-24(18-25(26)28)34-17-16-33/h2-11,18,27,33H,12-17,19H2/t27-/m0/s1. The van der Waals surface area contributed by atoms with Crippen LogP contribution in [0.5, 0.6) is 5.75 Å². The van der Waals surface area contributed by atoms with Gasteiger partial charge in [-0.25, -0.2) is 9.24 Å². The molecule has 1 saturated heterocycles. The van der Waals surface area contributed by atoms with Crippen molar-refractivity contribution in [2.45, 2.75) is 12.5 Å². The molecule has 34 heavy (non-hydrogen) atoms. The average molecular weight is 480 g/mol. The predicted molar refractivity (Wildman–Crippen MR) is 133 cm³/mol. The lowest BCUT2D eigenvalue weighted by atomic mass is 10.0. The van der Waals surface area contributed by atoms with Crippen LogP contribution in [0.25, 0.3) is 4.85 Å². The largest absolute Gasteiger partial charge is 0.491 e. The third-order valence-corrected chi connectivity index (χ3v) is 6.39. The van der Waals surface area contributed by atoms with E-state index in [-0.39, 0.29) is 25.1 Å². The van der Waals surface area contributed by atoms with Crippen LogP contribution in [-0.2, 0) is 6.42 Å². The van der Waals surface area contributed by atoms with E-state index >= 15 is 0 Å². The zero-order valence-corrected chi connectivity index (χ0v) is 19.6. The summed E-state index contributed by atoms with van der Waals surface area (Å²) >= 11 is 6.64. The van der Waals surface area contributed by atoms with Gasteiger partial charge in [-0.1, -0.05) is 48.0 Å². The average Bonchev–Trinajstić information content (AvgIpc) is 2.87. The lowest BCUT2D eigenvalue weighted by molar-refractivity contribution is 0.201. The first-order valence-electron chi connectivity index (χ1n) is 11.3. The molecule has 3 aromatic rings. The molecule has 0 spiro atoms. The Morgan fingerprint density at radius 3 is 2.50 bits per heavy atom. The molecule has 3 aromatic carbocycles. The van der Waals surface area contributed by atoms with Crippen molar-refractivity contribution >= 4 is 23.0 Å². The Kier molecular flexibility index (Phi) is 8.02. The Morgan fingerprint density at radius 1 is 1.06 bits per heavy atom. The first kappa shape index (κ1) is 24.0. The highest BCUT2D eigenvalue weighted by Crippen LogP contribution is 2.37. The molecule has 176 valence electrons. The zero-order chi connectivity index (χ0) is 23.9. The molecule has 0 aliphatic carbocycles. The molecule has 1 heterocycles. The van der Waals surface area contributed by atoms with E-state index in [0.717, 1.165) is 43.9 Å². The second kappa shape index (κ2) is 11.3. The number of aliphatic hydroxyl groups is 1. The number of aliphatic hydroxyl groups excluding tert-OH is 1. The summed E-state index contributed by atoms with van der Waals surface area (Å²) in [6.45, 7) is 10.6. The minimum atomic E-state index is -0.255. The summed E-state index contributed by atoms with van der Waals surface area (Å²) < 4.78 is 19.1. The Bertz CT molecular complexity index is 1130. The molecular weight excluding hydrogens is 453 g/mol. The van der Waals surface area contributed by atoms with Crippen LogP contribution in [0.15, 0.2) is 66.7 Å². The Balaban J connectivity index is 1.52. The number of hydrogen-bond donors (Lipinski definition) is 1. The Labute approximate surface area is 204 Å². The number of piperazine rings is 1. The fourth-order valence-corrected chi connectivity index (χ4v) is 4.58. The lowest BCUT2D eigenvalue weighted by Gasteiger charge is -2.43. The van der Waals surface area contributed by atoms with Crippen LogP contribution in [0.2, 0.25) is 5.02 Å². The van der Waals surface area contributed by atoms with Crippen LogP contribution < -0.4 is 9.64 Å². The van der Waals surface area contributed by atoms with Crippen molar-refractivity contribution in [2.24, 2.45) is 0 Å². The van der Waals surface area contributed by atoms with E-state index in [9.17, 15) is 4.39 Å². The fraction of sp³-hybridized carbons (Fsp3) is 0.296. The highest BCUT2D eigenvalue weighted by Gasteiger charge is 2.29. The summed E-state index contributed by atoms with van der Waals surface area (Å²) in [5.41, 5.74) is 3.79. The van der Waals surface area contributed by atoms with Crippen molar-refractivity contribution in [3.63, 3.8) is 0 Å². The Morgan fingerprint density at radius 2 is 1.82 bits per heavy atom. The van der Waals surface area contributed by atoms with Crippen molar-refractivity contribution in [1.29, 1.82) is 0 Å². The quantitative estimate of drug-likeness (QED) is 0.433. The van der Waals surface area contributed by atoms with E-state index in [2.05, 4.69) is 14.6 Å². The van der Waals surface area contributed by atoms with Crippen LogP contribution in [0, 0.1) is 12.4 Å². The van der Waals surface area contributed by atoms with Gasteiger partial charge in [-0.3, -0.25) is 4.90 Å². The van der Waals surface area contributed by atoms with E-state index in [4.69, 9.17) is 28.0 Å². The van der Waals surface area contributed by atoms with Gasteiger partial charge in [-0.2, -0.15) is 0 Å². The number of halogens is 2. The molecule has 0 amide bonds. The van der Waals surface area contributed by atoms with Gasteiger partial charge >= 0.3 is 0 Å². The molecule has 0 bridgehead atoms. The van der Waals surface area contributed by atoms with Gasteiger partial charge in [0.1, 0.15) is 18.2 Å². The van der Waals surface area contributed by atoms with Crippen molar-refractivity contribution in [3.8, 4) is 5.75 Å². The molecule has 4 rings (SSSR count). The molecule has 1 atom stereocenters. The van der Waals surface area contributed by atoms with Crippen molar-refractivity contribution < 1.29 is 14.2 Å². The number of hydrogen-bond acceptors (Lipinski definition) is 4. The van der Waals surface area contributed by atoms with E-state index in [0.29, 0.717) is 16.5 Å². The molecule has 1 fully saturated rings. The zero-order valence-electron chi connectivity index (χ0n) is 18.8. The predicted octanol–water partition coefficient (Wildman–Crippen LogP) is 5.51. The fourth-order valence-electron chi connectivity index (χ4n) is 4.30. The van der Waals surface area contributed by atoms with Crippen LogP contribution in [0.3, 0.4) is 0 Å². The number of rotatable bonds is 8. The molecule has 0 unspecified atom stereocenters. The first-order chi connectivity index (χ1) is 16.6. The lowest BCUT2D eigenvalue weighted by Crippen LogP contribution is -2.49. The smallest absolute Gasteiger partial charge is 0.187 e. The molecular formula is C27H27ClFN3O2. The summed E-state index contributed by atoms with van der Waals surface area (Å²) in [7, 11) is 0. The minimum absolute atomic E-state index is 0.0144. The van der Waals surface area contributed by atoms with Gasteiger partial charge in [-0.15, -0.1) is 0 Å². The van der Waals surface area contributed by atoms with E-state index in [1.807, 2.05) is 48.5 Å². The number of benzene rings is 3. The molecule has 1 N–H and O–H groups in total. The molecule has 0 aromatic heterocycles. The third kappa shape index (κ3) is 5.87. The molecule has 1 aliphatic heterocycles. The van der Waals surface area contributed by atoms with Gasteiger partial charge in [0.2, 0.25) is 0 Å². The van der Waals surface area contributed by atoms with Gasteiger partial charge in [0.05, 0.1) is 29.9 Å². The van der Waals surface area contributed by atoms with Crippen molar-refractivity contribution in [2.75, 3.05) is 44.3 Å². The highest BCUT2D eigenvalue weighted by molar-refractivity contribution is 6.33. The van der Waals surface area contributed by atoms with Crippen molar-refractivity contribution in [1.82, 2.24) is 4.90 Å².